The van der Waals surface area contributed by atoms with Crippen LogP contribution in [0.3, 0.4) is 0 Å². The molecule has 2 aliphatic rings. The zero-order valence-electron chi connectivity index (χ0n) is 19.2. The van der Waals surface area contributed by atoms with Gasteiger partial charge in [-0.05, 0) is 55.2 Å². The molecule has 2 heterocycles. The zero-order chi connectivity index (χ0) is 24.8. The number of carboxylic acid groups (broad SMARTS) is 1. The van der Waals surface area contributed by atoms with Gasteiger partial charge in [-0.2, -0.15) is 5.10 Å². The van der Waals surface area contributed by atoms with E-state index in [2.05, 4.69) is 27.3 Å². The van der Waals surface area contributed by atoms with Crippen LogP contribution >= 0.6 is 11.3 Å². The highest BCUT2D eigenvalue weighted by Gasteiger charge is 2.33. The Labute approximate surface area is 207 Å². The molecule has 35 heavy (non-hydrogen) atoms. The standard InChI is InChI=1S/C25H28N6O3S/c1-16-20(23(32)29-21(24(33)34)17-6-3-2-4-7-17)8-5-14-31(16)22(30-26)18-9-11-19(12-10-18)28-25-27-13-15-35-25/h5,8-15,17,21H,1-4,6-7,26H2,(H,27,28)(H,29,32)(H,33,34)/b30-22-/t21-/m0/s1. The van der Waals surface area contributed by atoms with Gasteiger partial charge in [0.2, 0.25) is 0 Å². The Morgan fingerprint density at radius 2 is 1.97 bits per heavy atom. The first kappa shape index (κ1) is 24.2. The summed E-state index contributed by atoms with van der Waals surface area (Å²) in [4.78, 5) is 30.8. The van der Waals surface area contributed by atoms with Crippen molar-refractivity contribution < 1.29 is 14.7 Å². The lowest BCUT2D eigenvalue weighted by Crippen LogP contribution is -2.47. The van der Waals surface area contributed by atoms with Gasteiger partial charge in [-0.25, -0.2) is 9.78 Å². The van der Waals surface area contributed by atoms with Gasteiger partial charge in [0.05, 0.1) is 11.3 Å². The van der Waals surface area contributed by atoms with Gasteiger partial charge in [-0.15, -0.1) is 11.3 Å². The number of amides is 1. The molecule has 0 bridgehead atoms. The number of nitrogens with one attached hydrogen (secondary N) is 2. The number of hydrogen-bond donors (Lipinski definition) is 4. The number of thiazole rings is 1. The van der Waals surface area contributed by atoms with E-state index in [9.17, 15) is 14.7 Å². The average Bonchev–Trinajstić information content (AvgIpc) is 3.38. The number of hydrogen-bond acceptors (Lipinski definition) is 7. The molecule has 1 aromatic heterocycles. The average molecular weight is 493 g/mol. The summed E-state index contributed by atoms with van der Waals surface area (Å²) in [6.07, 6.45) is 11.4. The van der Waals surface area contributed by atoms with Gasteiger partial charge >= 0.3 is 5.97 Å². The first-order valence-electron chi connectivity index (χ1n) is 11.4. The van der Waals surface area contributed by atoms with Crippen LogP contribution in [0.4, 0.5) is 10.8 Å². The Bertz CT molecular complexity index is 1160. The van der Waals surface area contributed by atoms with Crippen molar-refractivity contribution >= 4 is 39.9 Å². The molecular formula is C25H28N6O3S. The monoisotopic (exact) mass is 492 g/mol. The van der Waals surface area contributed by atoms with Crippen LogP contribution in [0.1, 0.15) is 37.7 Å². The molecule has 1 saturated carbocycles. The van der Waals surface area contributed by atoms with Crippen molar-refractivity contribution in [2.75, 3.05) is 5.32 Å². The number of rotatable bonds is 7. The van der Waals surface area contributed by atoms with Crippen molar-refractivity contribution in [3.63, 3.8) is 0 Å². The second-order valence-electron chi connectivity index (χ2n) is 8.42. The Morgan fingerprint density at radius 1 is 1.23 bits per heavy atom. The van der Waals surface area contributed by atoms with Crippen molar-refractivity contribution in [3.8, 4) is 0 Å². The normalized spacial score (nSPS) is 17.6. The van der Waals surface area contributed by atoms with E-state index in [1.807, 2.05) is 29.6 Å². The van der Waals surface area contributed by atoms with Crippen LogP contribution < -0.4 is 16.5 Å². The largest absolute Gasteiger partial charge is 0.480 e. The molecule has 1 aromatic carbocycles. The number of allylic oxidation sites excluding steroid dienone is 2. The summed E-state index contributed by atoms with van der Waals surface area (Å²) in [6, 6.07) is 6.53. The molecule has 10 heteroatoms. The van der Waals surface area contributed by atoms with E-state index >= 15 is 0 Å². The van der Waals surface area contributed by atoms with Gasteiger partial charge in [-0.1, -0.05) is 25.8 Å². The van der Waals surface area contributed by atoms with Crippen LogP contribution in [-0.2, 0) is 9.59 Å². The van der Waals surface area contributed by atoms with Crippen LogP contribution in [-0.4, -0.2) is 38.7 Å². The van der Waals surface area contributed by atoms with E-state index in [1.54, 1.807) is 29.4 Å². The molecule has 4 rings (SSSR count). The molecule has 5 N–H and O–H groups in total. The molecule has 1 amide bonds. The predicted octanol–water partition coefficient (Wildman–Crippen LogP) is 3.93. The Hall–Kier alpha value is -3.92. The van der Waals surface area contributed by atoms with Gasteiger partial charge < -0.3 is 21.6 Å². The first-order chi connectivity index (χ1) is 17.0. The number of benzene rings is 1. The molecule has 2 aromatic rings. The maximum absolute atomic E-state index is 13.1. The van der Waals surface area contributed by atoms with Crippen LogP contribution in [0, 0.1) is 5.92 Å². The molecule has 9 nitrogen and oxygen atoms in total. The fourth-order valence-electron chi connectivity index (χ4n) is 4.40. The fraction of sp³-hybridized carbons (Fsp3) is 0.280. The van der Waals surface area contributed by atoms with Crippen molar-refractivity contribution in [2.45, 2.75) is 38.1 Å². The van der Waals surface area contributed by atoms with Gasteiger partial charge in [0.1, 0.15) is 6.04 Å². The molecule has 0 unspecified atom stereocenters. The number of aliphatic carboxylic acids is 1. The van der Waals surface area contributed by atoms with Gasteiger partial charge in [0.25, 0.3) is 5.91 Å². The van der Waals surface area contributed by atoms with Gasteiger partial charge in [0.15, 0.2) is 11.0 Å². The summed E-state index contributed by atoms with van der Waals surface area (Å²) in [7, 11) is 0. The molecule has 0 spiro atoms. The molecule has 182 valence electrons. The summed E-state index contributed by atoms with van der Waals surface area (Å²) in [5, 5.41) is 22.3. The van der Waals surface area contributed by atoms with Crippen molar-refractivity contribution in [1.29, 1.82) is 0 Å². The van der Waals surface area contributed by atoms with E-state index in [0.717, 1.165) is 48.5 Å². The van der Waals surface area contributed by atoms with E-state index in [4.69, 9.17) is 5.84 Å². The molecular weight excluding hydrogens is 464 g/mol. The Morgan fingerprint density at radius 3 is 2.60 bits per heavy atom. The number of carboxylic acids is 1. The minimum Gasteiger partial charge on any atom is -0.480 e. The topological polar surface area (TPSA) is 133 Å². The van der Waals surface area contributed by atoms with E-state index in [1.165, 1.54) is 11.3 Å². The second-order valence-corrected chi connectivity index (χ2v) is 9.31. The van der Waals surface area contributed by atoms with E-state index < -0.39 is 17.9 Å². The third kappa shape index (κ3) is 5.60. The number of aromatic nitrogens is 1. The minimum absolute atomic E-state index is 0.0769. The number of anilines is 2. The lowest BCUT2D eigenvalue weighted by Gasteiger charge is -2.30. The number of carbonyl (C=O) groups is 2. The third-order valence-corrected chi connectivity index (χ3v) is 6.88. The summed E-state index contributed by atoms with van der Waals surface area (Å²) >= 11 is 1.50. The molecule has 0 radical (unpaired) electrons. The van der Waals surface area contributed by atoms with E-state index in [0.29, 0.717) is 11.5 Å². The summed E-state index contributed by atoms with van der Waals surface area (Å²) in [6.45, 7) is 4.07. The highest BCUT2D eigenvalue weighted by Crippen LogP contribution is 2.28. The first-order valence-corrected chi connectivity index (χ1v) is 12.3. The van der Waals surface area contributed by atoms with Crippen molar-refractivity contribution in [1.82, 2.24) is 15.2 Å². The Kier molecular flexibility index (Phi) is 7.61. The smallest absolute Gasteiger partial charge is 0.326 e. The SMILES string of the molecule is C=C1C(C(=O)N[C@H](C(=O)O)C2CCCCC2)=CC=CN1/C(=N\N)c1ccc(Nc2nccs2)cc1. The predicted molar refractivity (Wildman–Crippen MR) is 137 cm³/mol. The Balaban J connectivity index is 1.47. The summed E-state index contributed by atoms with van der Waals surface area (Å²) in [5.41, 5.74) is 2.19. The lowest BCUT2D eigenvalue weighted by atomic mass is 9.83. The number of carbonyl (C=O) groups excluding carboxylic acids is 1. The molecule has 1 fully saturated rings. The van der Waals surface area contributed by atoms with Crippen LogP contribution in [0.2, 0.25) is 0 Å². The number of nitrogens with zero attached hydrogens (tertiary/aromatic N) is 3. The van der Waals surface area contributed by atoms with Crippen molar-refractivity contribution in [2.24, 2.45) is 16.9 Å². The molecule has 1 atom stereocenters. The molecule has 1 aliphatic heterocycles. The minimum atomic E-state index is -1.02. The van der Waals surface area contributed by atoms with Crippen LogP contribution in [0.5, 0.6) is 0 Å². The van der Waals surface area contributed by atoms with Gasteiger partial charge in [-0.3, -0.25) is 9.69 Å². The maximum atomic E-state index is 13.1. The maximum Gasteiger partial charge on any atom is 0.326 e. The summed E-state index contributed by atoms with van der Waals surface area (Å²) in [5.74, 6) is 4.55. The highest BCUT2D eigenvalue weighted by molar-refractivity contribution is 7.13. The van der Waals surface area contributed by atoms with Gasteiger partial charge in [0, 0.05) is 29.0 Å². The van der Waals surface area contributed by atoms with E-state index in [-0.39, 0.29) is 11.5 Å². The third-order valence-electron chi connectivity index (χ3n) is 6.20. The van der Waals surface area contributed by atoms with Crippen LogP contribution in [0.15, 0.2) is 77.1 Å². The second kappa shape index (κ2) is 11.0. The zero-order valence-corrected chi connectivity index (χ0v) is 20.0. The quantitative estimate of drug-likeness (QED) is 0.199. The summed E-state index contributed by atoms with van der Waals surface area (Å²) < 4.78 is 0. The lowest BCUT2D eigenvalue weighted by molar-refractivity contribution is -0.143. The molecule has 1 aliphatic carbocycles. The van der Waals surface area contributed by atoms with Crippen LogP contribution in [0.25, 0.3) is 0 Å². The fourth-order valence-corrected chi connectivity index (χ4v) is 4.95. The number of amidine groups is 1. The molecule has 0 saturated heterocycles. The number of nitrogens with two attached hydrogens (primary N) is 1. The van der Waals surface area contributed by atoms with Crippen molar-refractivity contribution in [3.05, 3.63) is 77.6 Å². The highest BCUT2D eigenvalue weighted by atomic mass is 32.1. The number of hydrazone groups is 1.